The number of carbonyl (C=O) groups excluding carboxylic acids is 2. The maximum absolute atomic E-state index is 13.0. The molecule has 0 aliphatic heterocycles. The lowest BCUT2D eigenvalue weighted by Crippen LogP contribution is -2.30. The van der Waals surface area contributed by atoms with Crippen molar-refractivity contribution in [2.24, 2.45) is 0 Å². The lowest BCUT2D eigenvalue weighted by Gasteiger charge is -2.13. The lowest BCUT2D eigenvalue weighted by atomic mass is 9.97. The summed E-state index contributed by atoms with van der Waals surface area (Å²) in [5.41, 5.74) is 1.51. The summed E-state index contributed by atoms with van der Waals surface area (Å²) in [6, 6.07) is 10.1. The van der Waals surface area contributed by atoms with Gasteiger partial charge in [-0.1, -0.05) is 17.7 Å². The highest BCUT2D eigenvalue weighted by Gasteiger charge is 2.18. The molecule has 0 saturated carbocycles. The Morgan fingerprint density at radius 3 is 2.56 bits per heavy atom. The van der Waals surface area contributed by atoms with Crippen LogP contribution in [0.1, 0.15) is 42.5 Å². The molecule has 2 aromatic carbocycles. The van der Waals surface area contributed by atoms with Crippen LogP contribution in [0.3, 0.4) is 0 Å². The van der Waals surface area contributed by atoms with E-state index in [1.165, 1.54) is 48.7 Å². The fraction of sp³-hybridized carbons (Fsp3) is 0.304. The summed E-state index contributed by atoms with van der Waals surface area (Å²) in [6.45, 7) is 0.0215. The number of hydrogen-bond acceptors (Lipinski definition) is 5. The molecule has 0 bridgehead atoms. The van der Waals surface area contributed by atoms with Gasteiger partial charge in [-0.3, -0.25) is 9.52 Å². The van der Waals surface area contributed by atoms with Crippen LogP contribution in [0.5, 0.6) is 0 Å². The first-order chi connectivity index (χ1) is 15.3. The first kappa shape index (κ1) is 23.5. The van der Waals surface area contributed by atoms with Crippen LogP contribution in [-0.2, 0) is 19.6 Å². The Morgan fingerprint density at radius 2 is 1.84 bits per heavy atom. The Hall–Kier alpha value is -3.20. The maximum atomic E-state index is 13.0. The van der Waals surface area contributed by atoms with E-state index in [0.29, 0.717) is 6.54 Å². The van der Waals surface area contributed by atoms with Crippen molar-refractivity contribution in [1.82, 2.24) is 5.32 Å². The molecule has 2 N–H and O–H groups in total. The minimum atomic E-state index is -4.00. The molecule has 0 fully saturated rings. The number of sulfonamides is 1. The van der Waals surface area contributed by atoms with Gasteiger partial charge in [0.05, 0.1) is 10.5 Å². The van der Waals surface area contributed by atoms with Crippen LogP contribution >= 0.6 is 0 Å². The largest absolute Gasteiger partial charge is 0.452 e. The summed E-state index contributed by atoms with van der Waals surface area (Å²) in [7, 11) is -4.00. The molecule has 0 radical (unpaired) electrons. The molecule has 1 aliphatic rings. The van der Waals surface area contributed by atoms with E-state index in [1.54, 1.807) is 0 Å². The molecule has 7 nitrogen and oxygen atoms in total. The molecule has 9 heteroatoms. The zero-order chi connectivity index (χ0) is 23.0. The average molecular weight is 461 g/mol. The highest BCUT2D eigenvalue weighted by Crippen LogP contribution is 2.20. The van der Waals surface area contributed by atoms with E-state index < -0.39 is 34.3 Å². The van der Waals surface area contributed by atoms with Crippen LogP contribution in [-0.4, -0.2) is 33.4 Å². The van der Waals surface area contributed by atoms with Gasteiger partial charge in [0.25, 0.3) is 15.9 Å². The SMILES string of the molecule is O=C(COC(=O)c1cccc(S(=O)(=O)Nc2ccc(F)cc2)c1)NCCC1=CCCCC1. The molecule has 0 saturated heterocycles. The molecule has 1 aliphatic carbocycles. The normalized spacial score (nSPS) is 13.7. The van der Waals surface area contributed by atoms with Gasteiger partial charge < -0.3 is 10.1 Å². The fourth-order valence-corrected chi connectivity index (χ4v) is 4.39. The summed E-state index contributed by atoms with van der Waals surface area (Å²) in [6.07, 6.45) is 7.50. The fourth-order valence-electron chi connectivity index (χ4n) is 3.28. The monoisotopic (exact) mass is 460 g/mol. The number of anilines is 1. The van der Waals surface area contributed by atoms with Gasteiger partial charge in [0, 0.05) is 12.2 Å². The zero-order valence-electron chi connectivity index (χ0n) is 17.5. The number of amides is 1. The standard InChI is InChI=1S/C23H25FN2O5S/c24-19-9-11-20(12-10-19)26-32(29,30)21-8-4-7-18(15-21)23(28)31-16-22(27)25-14-13-17-5-2-1-3-6-17/h4-5,7-12,15,26H,1-3,6,13-14,16H2,(H,25,27). The molecule has 1 amide bonds. The Kier molecular flexibility index (Phi) is 7.99. The van der Waals surface area contributed by atoms with Crippen molar-refractivity contribution < 1.29 is 27.1 Å². The summed E-state index contributed by atoms with van der Waals surface area (Å²) in [4.78, 5) is 24.0. The molecule has 0 aromatic heterocycles. The van der Waals surface area contributed by atoms with Crippen molar-refractivity contribution in [2.45, 2.75) is 37.0 Å². The number of esters is 1. The number of ether oxygens (including phenoxy) is 1. The Morgan fingerprint density at radius 1 is 1.06 bits per heavy atom. The number of allylic oxidation sites excluding steroid dienone is 1. The van der Waals surface area contributed by atoms with E-state index >= 15 is 0 Å². The van der Waals surface area contributed by atoms with Crippen molar-refractivity contribution in [2.75, 3.05) is 17.9 Å². The van der Waals surface area contributed by atoms with Crippen molar-refractivity contribution in [3.63, 3.8) is 0 Å². The summed E-state index contributed by atoms with van der Waals surface area (Å²) < 4.78 is 45.4. The van der Waals surface area contributed by atoms with Crippen LogP contribution in [0.15, 0.2) is 65.1 Å². The van der Waals surface area contributed by atoms with E-state index in [4.69, 9.17) is 4.74 Å². The molecule has 0 unspecified atom stereocenters. The van der Waals surface area contributed by atoms with Gasteiger partial charge in [-0.2, -0.15) is 0 Å². The second-order valence-corrected chi connectivity index (χ2v) is 9.11. The first-order valence-electron chi connectivity index (χ1n) is 10.3. The molecule has 0 atom stereocenters. The van der Waals surface area contributed by atoms with E-state index in [0.717, 1.165) is 37.5 Å². The Bertz CT molecular complexity index is 1100. The van der Waals surface area contributed by atoms with Gasteiger partial charge in [-0.15, -0.1) is 0 Å². The average Bonchev–Trinajstić information content (AvgIpc) is 2.79. The molecule has 2 aromatic rings. The number of carbonyl (C=O) groups is 2. The summed E-state index contributed by atoms with van der Waals surface area (Å²) >= 11 is 0. The van der Waals surface area contributed by atoms with Crippen LogP contribution in [0.25, 0.3) is 0 Å². The van der Waals surface area contributed by atoms with Crippen molar-refractivity contribution in [1.29, 1.82) is 0 Å². The van der Waals surface area contributed by atoms with Gasteiger partial charge in [0.15, 0.2) is 6.61 Å². The van der Waals surface area contributed by atoms with Crippen molar-refractivity contribution in [3.8, 4) is 0 Å². The molecular formula is C23H25FN2O5S. The van der Waals surface area contributed by atoms with Gasteiger partial charge in [0.1, 0.15) is 5.82 Å². The van der Waals surface area contributed by atoms with E-state index in [-0.39, 0.29) is 16.1 Å². The number of benzene rings is 2. The number of halogens is 1. The third-order valence-corrected chi connectivity index (χ3v) is 6.34. The van der Waals surface area contributed by atoms with E-state index in [1.807, 2.05) is 0 Å². The third-order valence-electron chi connectivity index (χ3n) is 4.96. The lowest BCUT2D eigenvalue weighted by molar-refractivity contribution is -0.124. The molecule has 0 heterocycles. The van der Waals surface area contributed by atoms with Crippen LogP contribution in [0, 0.1) is 5.82 Å². The quantitative estimate of drug-likeness (QED) is 0.438. The third kappa shape index (κ3) is 6.91. The highest BCUT2D eigenvalue weighted by atomic mass is 32.2. The van der Waals surface area contributed by atoms with Crippen LogP contribution in [0.2, 0.25) is 0 Å². The second kappa shape index (κ2) is 10.9. The van der Waals surface area contributed by atoms with Crippen LogP contribution in [0.4, 0.5) is 10.1 Å². The highest BCUT2D eigenvalue weighted by molar-refractivity contribution is 7.92. The van der Waals surface area contributed by atoms with Gasteiger partial charge >= 0.3 is 5.97 Å². The van der Waals surface area contributed by atoms with E-state index in [9.17, 15) is 22.4 Å². The van der Waals surface area contributed by atoms with Crippen molar-refractivity contribution in [3.05, 3.63) is 71.6 Å². The number of rotatable bonds is 9. The molecule has 3 rings (SSSR count). The minimum Gasteiger partial charge on any atom is -0.452 e. The van der Waals surface area contributed by atoms with Crippen molar-refractivity contribution >= 4 is 27.6 Å². The first-order valence-corrected chi connectivity index (χ1v) is 11.8. The van der Waals surface area contributed by atoms with Gasteiger partial charge in [-0.25, -0.2) is 17.6 Å². The smallest absolute Gasteiger partial charge is 0.338 e. The number of hydrogen-bond donors (Lipinski definition) is 2. The number of nitrogens with one attached hydrogen (secondary N) is 2. The Labute approximate surface area is 186 Å². The summed E-state index contributed by atoms with van der Waals surface area (Å²) in [5.74, 6) is -1.72. The van der Waals surface area contributed by atoms with Gasteiger partial charge in [-0.05, 0) is 74.6 Å². The predicted octanol–water partition coefficient (Wildman–Crippen LogP) is 3.79. The molecular weight excluding hydrogens is 435 g/mol. The molecule has 170 valence electrons. The maximum Gasteiger partial charge on any atom is 0.338 e. The predicted molar refractivity (Wildman–Crippen MR) is 118 cm³/mol. The molecule has 32 heavy (non-hydrogen) atoms. The summed E-state index contributed by atoms with van der Waals surface area (Å²) in [5, 5.41) is 2.71. The minimum absolute atomic E-state index is 0.00728. The zero-order valence-corrected chi connectivity index (χ0v) is 18.3. The molecule has 0 spiro atoms. The topological polar surface area (TPSA) is 102 Å². The Balaban J connectivity index is 1.52. The van der Waals surface area contributed by atoms with E-state index in [2.05, 4.69) is 16.1 Å². The van der Waals surface area contributed by atoms with Crippen LogP contribution < -0.4 is 10.0 Å². The second-order valence-electron chi connectivity index (χ2n) is 7.42. The van der Waals surface area contributed by atoms with Gasteiger partial charge in [0.2, 0.25) is 0 Å².